The Balaban J connectivity index is 1.40. The van der Waals surface area contributed by atoms with Crippen LogP contribution >= 0.6 is 15.2 Å². The summed E-state index contributed by atoms with van der Waals surface area (Å²) in [7, 11) is -0.993. The Morgan fingerprint density at radius 3 is 2.00 bits per heavy atom. The van der Waals surface area contributed by atoms with Crippen molar-refractivity contribution < 1.29 is 0 Å². The van der Waals surface area contributed by atoms with E-state index in [1.165, 1.54) is 51.4 Å². The number of rotatable bonds is 7. The van der Waals surface area contributed by atoms with E-state index in [0.717, 1.165) is 28.3 Å². The van der Waals surface area contributed by atoms with E-state index in [9.17, 15) is 0 Å². The molecule has 1 heterocycles. The van der Waals surface area contributed by atoms with Crippen LogP contribution in [0.4, 0.5) is 0 Å². The van der Waals surface area contributed by atoms with Gasteiger partial charge in [-0.2, -0.15) is 0 Å². The van der Waals surface area contributed by atoms with Crippen LogP contribution in [-0.2, 0) is 0 Å². The van der Waals surface area contributed by atoms with Gasteiger partial charge in [0.1, 0.15) is 11.3 Å². The van der Waals surface area contributed by atoms with Gasteiger partial charge in [-0.25, -0.2) is 0 Å². The lowest BCUT2D eigenvalue weighted by Gasteiger charge is -2.33. The van der Waals surface area contributed by atoms with Crippen molar-refractivity contribution in [3.63, 3.8) is 0 Å². The molecule has 0 amide bonds. The number of fused-ring (bicyclic) bond motifs is 1. The first-order valence-corrected chi connectivity index (χ1v) is 15.5. The Labute approximate surface area is 180 Å². The van der Waals surface area contributed by atoms with Crippen molar-refractivity contribution >= 4 is 25.8 Å². The zero-order chi connectivity index (χ0) is 19.8. The van der Waals surface area contributed by atoms with E-state index in [1.54, 1.807) is 10.6 Å². The molecule has 0 radical (unpaired) electrons. The molecule has 5 rings (SSSR count). The van der Waals surface area contributed by atoms with E-state index < -0.39 is 7.26 Å². The smallest absolute Gasteiger partial charge is 0.0691 e. The highest BCUT2D eigenvalue weighted by Gasteiger charge is 2.77. The summed E-state index contributed by atoms with van der Waals surface area (Å²) in [6, 6.07) is 23.4. The van der Waals surface area contributed by atoms with Gasteiger partial charge in [-0.15, -0.1) is 0 Å². The van der Waals surface area contributed by atoms with Crippen molar-refractivity contribution in [2.75, 3.05) is 0 Å². The highest BCUT2D eigenvalue weighted by Crippen LogP contribution is 2.90. The van der Waals surface area contributed by atoms with Crippen molar-refractivity contribution in [3.05, 3.63) is 60.7 Å². The van der Waals surface area contributed by atoms with Gasteiger partial charge in [0.15, 0.2) is 0 Å². The first kappa shape index (κ1) is 20.2. The lowest BCUT2D eigenvalue weighted by Crippen LogP contribution is -2.24. The Bertz CT molecular complexity index is 786. The molecule has 1 saturated heterocycles. The van der Waals surface area contributed by atoms with Gasteiger partial charge >= 0.3 is 0 Å². The summed E-state index contributed by atoms with van der Waals surface area (Å²) in [5, 5.41) is 3.44. The average Bonchev–Trinajstić information content (AvgIpc) is 3.16. The van der Waals surface area contributed by atoms with E-state index >= 15 is 0 Å². The summed E-state index contributed by atoms with van der Waals surface area (Å²) in [5.41, 5.74) is 4.88. The van der Waals surface area contributed by atoms with Gasteiger partial charge in [0, 0.05) is 0 Å². The normalized spacial score (nSPS) is 31.9. The van der Waals surface area contributed by atoms with Crippen molar-refractivity contribution in [2.45, 2.75) is 93.5 Å². The zero-order valence-corrected chi connectivity index (χ0v) is 20.0. The molecule has 0 aromatic heterocycles. The minimum atomic E-state index is -0.957. The highest BCUT2D eigenvalue weighted by atomic mass is 31.2. The molecule has 1 aliphatic heterocycles. The molecule has 6 atom stereocenters. The molecule has 29 heavy (non-hydrogen) atoms. The largest absolute Gasteiger partial charge is 0.112 e. The summed E-state index contributed by atoms with van der Waals surface area (Å²) in [6.45, 7) is 5.27. The third-order valence-electron chi connectivity index (χ3n) is 8.31. The maximum atomic E-state index is 2.66. The molecule has 0 N–H and O–H groups in total. The molecule has 5 unspecified atom stereocenters. The standard InChI is InChI=1S/C27H37P2/c1-21(28(24-14-9-10-15-24)23-12-5-3-6-13-23)20-22(2)29(25-16-7-4-8-17-25)26-18-11-19-27(26)29/h3-8,12-13,16-17,21-22,24,26-27H,9-11,14-15,18-20H2,1-2H3/q+1/t21?,22?,26-,27?,28?,29?/m1/s1. The summed E-state index contributed by atoms with van der Waals surface area (Å²) < 4.78 is 0. The van der Waals surface area contributed by atoms with Gasteiger partial charge < -0.3 is 0 Å². The monoisotopic (exact) mass is 423 g/mol. The Kier molecular flexibility index (Phi) is 5.88. The molecule has 2 aliphatic carbocycles. The van der Waals surface area contributed by atoms with Crippen LogP contribution in [0.2, 0.25) is 0 Å². The Hall–Kier alpha value is -0.700. The predicted octanol–water partition coefficient (Wildman–Crippen LogP) is 7.18. The minimum Gasteiger partial charge on any atom is -0.0691 e. The van der Waals surface area contributed by atoms with Crippen LogP contribution < -0.4 is 10.6 Å². The lowest BCUT2D eigenvalue weighted by atomic mass is 10.2. The van der Waals surface area contributed by atoms with Crippen LogP contribution in [0.15, 0.2) is 60.7 Å². The number of hydrogen-bond donors (Lipinski definition) is 0. The molecule has 2 aromatic carbocycles. The maximum absolute atomic E-state index is 2.66. The number of benzene rings is 2. The molecule has 154 valence electrons. The van der Waals surface area contributed by atoms with Gasteiger partial charge in [-0.1, -0.05) is 76.2 Å². The molecular formula is C27H37P2+. The summed E-state index contributed by atoms with van der Waals surface area (Å²) in [5.74, 6) is 0. The van der Waals surface area contributed by atoms with E-state index in [-0.39, 0.29) is 7.92 Å². The Morgan fingerprint density at radius 2 is 1.38 bits per heavy atom. The third-order valence-corrected chi connectivity index (χ3v) is 17.6. The molecular weight excluding hydrogens is 386 g/mol. The van der Waals surface area contributed by atoms with Gasteiger partial charge in [-0.05, 0) is 74.2 Å². The van der Waals surface area contributed by atoms with E-state index in [4.69, 9.17) is 0 Å². The molecule has 3 fully saturated rings. The summed E-state index contributed by atoms with van der Waals surface area (Å²) in [6.07, 6.45) is 11.8. The van der Waals surface area contributed by atoms with E-state index in [0.29, 0.717) is 0 Å². The van der Waals surface area contributed by atoms with Crippen molar-refractivity contribution in [1.29, 1.82) is 0 Å². The third kappa shape index (κ3) is 3.54. The van der Waals surface area contributed by atoms with Crippen molar-refractivity contribution in [2.24, 2.45) is 0 Å². The lowest BCUT2D eigenvalue weighted by molar-refractivity contribution is 0.762. The van der Waals surface area contributed by atoms with Crippen LogP contribution in [0.5, 0.6) is 0 Å². The van der Waals surface area contributed by atoms with Gasteiger partial charge in [0.05, 0.1) is 18.2 Å². The second-order valence-electron chi connectivity index (χ2n) is 9.85. The van der Waals surface area contributed by atoms with Crippen molar-refractivity contribution in [1.82, 2.24) is 0 Å². The molecule has 0 spiro atoms. The van der Waals surface area contributed by atoms with Gasteiger partial charge in [0.25, 0.3) is 0 Å². The van der Waals surface area contributed by atoms with E-state index in [2.05, 4.69) is 74.5 Å². The zero-order valence-electron chi connectivity index (χ0n) is 18.2. The molecule has 3 aliphatic rings. The minimum absolute atomic E-state index is 0.0359. The van der Waals surface area contributed by atoms with E-state index in [1.807, 2.05) is 0 Å². The first-order chi connectivity index (χ1) is 14.2. The second-order valence-corrected chi connectivity index (χ2v) is 17.2. The fourth-order valence-electron chi connectivity index (χ4n) is 7.21. The van der Waals surface area contributed by atoms with Crippen LogP contribution in [0, 0.1) is 0 Å². The average molecular weight is 424 g/mol. The van der Waals surface area contributed by atoms with Crippen LogP contribution in [0.25, 0.3) is 0 Å². The van der Waals surface area contributed by atoms with Crippen LogP contribution in [0.1, 0.15) is 65.2 Å². The summed E-state index contributed by atoms with van der Waals surface area (Å²) in [4.78, 5) is 0. The second kappa shape index (κ2) is 8.44. The maximum Gasteiger partial charge on any atom is 0.112 e. The molecule has 2 aromatic rings. The molecule has 2 heteroatoms. The molecule has 2 saturated carbocycles. The fraction of sp³-hybridized carbons (Fsp3) is 0.556. The highest BCUT2D eigenvalue weighted by molar-refractivity contribution is 7.91. The molecule has 0 nitrogen and oxygen atoms in total. The fourth-order valence-corrected chi connectivity index (χ4v) is 17.9. The van der Waals surface area contributed by atoms with Crippen molar-refractivity contribution in [3.8, 4) is 0 Å². The quantitative estimate of drug-likeness (QED) is 0.414. The van der Waals surface area contributed by atoms with Crippen LogP contribution in [0.3, 0.4) is 0 Å². The summed E-state index contributed by atoms with van der Waals surface area (Å²) >= 11 is 0. The van der Waals surface area contributed by atoms with Gasteiger partial charge in [-0.3, -0.25) is 0 Å². The first-order valence-electron chi connectivity index (χ1n) is 12.0. The molecule has 0 bridgehead atoms. The SMILES string of the molecule is CC(CC(C)[P+]1(c2ccccc2)C2CCC[C@H]21)P(c1ccccc1)C1CCCC1. The van der Waals surface area contributed by atoms with Gasteiger partial charge in [0.2, 0.25) is 0 Å². The predicted molar refractivity (Wildman–Crippen MR) is 133 cm³/mol. The van der Waals surface area contributed by atoms with Crippen LogP contribution in [-0.4, -0.2) is 28.3 Å². The Morgan fingerprint density at radius 1 is 0.793 bits per heavy atom. The number of hydrogen-bond acceptors (Lipinski definition) is 0. The topological polar surface area (TPSA) is 0 Å².